The van der Waals surface area contributed by atoms with Gasteiger partial charge < -0.3 is 16.0 Å². The van der Waals surface area contributed by atoms with Crippen molar-refractivity contribution in [3.63, 3.8) is 0 Å². The lowest BCUT2D eigenvalue weighted by Gasteiger charge is -2.34. The number of carbonyl (C=O) groups excluding carboxylic acids is 2. The van der Waals surface area contributed by atoms with Crippen LogP contribution in [0.15, 0.2) is 30.3 Å². The molecule has 0 aromatic heterocycles. The minimum Gasteiger partial charge on any atom is -0.347 e. The number of nitrogens with zero attached hydrogens (tertiary/aromatic N) is 2. The van der Waals surface area contributed by atoms with Crippen molar-refractivity contribution in [3.8, 4) is 0 Å². The number of rotatable bonds is 6. The summed E-state index contributed by atoms with van der Waals surface area (Å²) in [6.45, 7) is 6.12. The van der Waals surface area contributed by atoms with Crippen molar-refractivity contribution in [2.75, 3.05) is 39.3 Å². The second-order valence-corrected chi connectivity index (χ2v) is 6.00. The minimum atomic E-state index is -0.259. The van der Waals surface area contributed by atoms with E-state index in [1.165, 1.54) is 5.56 Å². The van der Waals surface area contributed by atoms with Crippen LogP contribution in [0, 0.1) is 5.92 Å². The largest absolute Gasteiger partial charge is 0.347 e. The molecule has 1 fully saturated rings. The van der Waals surface area contributed by atoms with Crippen LogP contribution < -0.4 is 11.1 Å². The van der Waals surface area contributed by atoms with Crippen LogP contribution in [0.1, 0.15) is 12.5 Å². The first-order valence-electron chi connectivity index (χ1n) is 8.12. The number of benzene rings is 1. The predicted molar refractivity (Wildman–Crippen MR) is 89.5 cm³/mol. The van der Waals surface area contributed by atoms with E-state index in [0.717, 1.165) is 19.6 Å². The van der Waals surface area contributed by atoms with Crippen molar-refractivity contribution in [2.45, 2.75) is 13.5 Å². The monoisotopic (exact) mass is 318 g/mol. The zero-order chi connectivity index (χ0) is 16.7. The Morgan fingerprint density at radius 3 is 2.43 bits per heavy atom. The van der Waals surface area contributed by atoms with Crippen LogP contribution in [0.4, 0.5) is 0 Å². The Labute approximate surface area is 137 Å². The Balaban J connectivity index is 1.71. The van der Waals surface area contributed by atoms with Gasteiger partial charge in [0, 0.05) is 45.2 Å². The van der Waals surface area contributed by atoms with Crippen molar-refractivity contribution >= 4 is 11.8 Å². The van der Waals surface area contributed by atoms with Gasteiger partial charge in [0.15, 0.2) is 0 Å². The smallest absolute Gasteiger partial charge is 0.242 e. The predicted octanol–water partition coefficient (Wildman–Crippen LogP) is 0.0418. The molecule has 0 bridgehead atoms. The zero-order valence-corrected chi connectivity index (χ0v) is 13.7. The maximum absolute atomic E-state index is 12.1. The molecular formula is C17H26N4O2. The summed E-state index contributed by atoms with van der Waals surface area (Å²) in [5.41, 5.74) is 6.73. The van der Waals surface area contributed by atoms with Crippen LogP contribution in [0.2, 0.25) is 0 Å². The van der Waals surface area contributed by atoms with Gasteiger partial charge in [0.25, 0.3) is 0 Å². The van der Waals surface area contributed by atoms with Crippen LogP contribution >= 0.6 is 0 Å². The maximum Gasteiger partial charge on any atom is 0.242 e. The molecule has 1 aliphatic heterocycles. The van der Waals surface area contributed by atoms with Crippen molar-refractivity contribution in [2.24, 2.45) is 11.7 Å². The van der Waals surface area contributed by atoms with E-state index in [-0.39, 0.29) is 30.8 Å². The summed E-state index contributed by atoms with van der Waals surface area (Å²) in [6, 6.07) is 10.3. The molecule has 3 N–H and O–H groups in total. The first-order chi connectivity index (χ1) is 11.1. The Kier molecular flexibility index (Phi) is 6.55. The molecule has 6 heteroatoms. The van der Waals surface area contributed by atoms with E-state index in [1.807, 2.05) is 23.1 Å². The Morgan fingerprint density at radius 1 is 1.17 bits per heavy atom. The molecule has 1 unspecified atom stereocenters. The van der Waals surface area contributed by atoms with Gasteiger partial charge in [-0.05, 0) is 5.56 Å². The fraction of sp³-hybridized carbons (Fsp3) is 0.529. The number of piperazine rings is 1. The molecular weight excluding hydrogens is 292 g/mol. The molecule has 0 aliphatic carbocycles. The van der Waals surface area contributed by atoms with Crippen LogP contribution in [0.5, 0.6) is 0 Å². The molecule has 1 atom stereocenters. The van der Waals surface area contributed by atoms with Crippen LogP contribution in [0.25, 0.3) is 0 Å². The van der Waals surface area contributed by atoms with Gasteiger partial charge in [-0.2, -0.15) is 0 Å². The number of nitrogens with one attached hydrogen (secondary N) is 1. The highest BCUT2D eigenvalue weighted by Crippen LogP contribution is 2.08. The molecule has 1 aromatic carbocycles. The molecule has 1 saturated heterocycles. The highest BCUT2D eigenvalue weighted by Gasteiger charge is 2.21. The molecule has 0 spiro atoms. The van der Waals surface area contributed by atoms with E-state index in [4.69, 9.17) is 5.73 Å². The Morgan fingerprint density at radius 2 is 1.83 bits per heavy atom. The molecule has 1 aromatic rings. The van der Waals surface area contributed by atoms with Gasteiger partial charge in [0.1, 0.15) is 0 Å². The van der Waals surface area contributed by atoms with E-state index < -0.39 is 0 Å². The van der Waals surface area contributed by atoms with Crippen molar-refractivity contribution < 1.29 is 9.59 Å². The number of hydrogen-bond donors (Lipinski definition) is 2. The van der Waals surface area contributed by atoms with Crippen LogP contribution in [0.3, 0.4) is 0 Å². The average molecular weight is 318 g/mol. The van der Waals surface area contributed by atoms with Gasteiger partial charge in [0.2, 0.25) is 11.8 Å². The summed E-state index contributed by atoms with van der Waals surface area (Å²) >= 11 is 0. The Hall–Kier alpha value is -1.92. The molecule has 0 radical (unpaired) electrons. The molecule has 2 amide bonds. The maximum atomic E-state index is 12.1. The second kappa shape index (κ2) is 8.64. The van der Waals surface area contributed by atoms with Crippen LogP contribution in [-0.2, 0) is 16.1 Å². The lowest BCUT2D eigenvalue weighted by atomic mass is 10.1. The second-order valence-electron chi connectivity index (χ2n) is 6.00. The quantitative estimate of drug-likeness (QED) is 0.776. The van der Waals surface area contributed by atoms with Crippen molar-refractivity contribution in [1.82, 2.24) is 15.1 Å². The van der Waals surface area contributed by atoms with Crippen molar-refractivity contribution in [1.29, 1.82) is 0 Å². The van der Waals surface area contributed by atoms with E-state index in [1.54, 1.807) is 6.92 Å². The highest BCUT2D eigenvalue weighted by atomic mass is 16.2. The summed E-state index contributed by atoms with van der Waals surface area (Å²) in [7, 11) is 0. The van der Waals surface area contributed by atoms with E-state index in [9.17, 15) is 9.59 Å². The summed E-state index contributed by atoms with van der Waals surface area (Å²) < 4.78 is 0. The third-order valence-corrected chi connectivity index (χ3v) is 4.19. The fourth-order valence-corrected chi connectivity index (χ4v) is 2.55. The van der Waals surface area contributed by atoms with Gasteiger partial charge in [-0.15, -0.1) is 0 Å². The van der Waals surface area contributed by atoms with Crippen molar-refractivity contribution in [3.05, 3.63) is 35.9 Å². The molecule has 23 heavy (non-hydrogen) atoms. The molecule has 1 heterocycles. The van der Waals surface area contributed by atoms with Gasteiger partial charge in [-0.3, -0.25) is 14.5 Å². The topological polar surface area (TPSA) is 78.7 Å². The zero-order valence-electron chi connectivity index (χ0n) is 13.7. The normalized spacial score (nSPS) is 16.9. The molecule has 6 nitrogen and oxygen atoms in total. The molecule has 1 aliphatic rings. The number of carbonyl (C=O) groups is 2. The third kappa shape index (κ3) is 5.33. The summed E-state index contributed by atoms with van der Waals surface area (Å²) in [5.74, 6) is -0.448. The van der Waals surface area contributed by atoms with Gasteiger partial charge in [-0.1, -0.05) is 37.3 Å². The first kappa shape index (κ1) is 17.4. The van der Waals surface area contributed by atoms with Crippen LogP contribution in [-0.4, -0.2) is 60.9 Å². The lowest BCUT2D eigenvalue weighted by molar-refractivity contribution is -0.135. The number of hydrogen-bond acceptors (Lipinski definition) is 4. The standard InChI is InChI=1S/C17H26N4O2/c1-14(11-18)17(23)19-12-16(22)21-9-7-20(8-10-21)13-15-5-3-2-4-6-15/h2-6,14H,7-13,18H2,1H3,(H,19,23). The van der Waals surface area contributed by atoms with Gasteiger partial charge in [0.05, 0.1) is 6.54 Å². The highest BCUT2D eigenvalue weighted by molar-refractivity contribution is 5.85. The summed E-state index contributed by atoms with van der Waals surface area (Å²) in [5, 5.41) is 2.66. The fourth-order valence-electron chi connectivity index (χ4n) is 2.55. The summed E-state index contributed by atoms with van der Waals surface area (Å²) in [6.07, 6.45) is 0. The summed E-state index contributed by atoms with van der Waals surface area (Å²) in [4.78, 5) is 27.9. The Bertz CT molecular complexity index is 513. The van der Waals surface area contributed by atoms with E-state index in [0.29, 0.717) is 13.1 Å². The third-order valence-electron chi connectivity index (χ3n) is 4.19. The van der Waals surface area contributed by atoms with Gasteiger partial charge in [-0.25, -0.2) is 0 Å². The average Bonchev–Trinajstić information content (AvgIpc) is 2.60. The number of nitrogens with two attached hydrogens (primary N) is 1. The van der Waals surface area contributed by atoms with Gasteiger partial charge >= 0.3 is 0 Å². The molecule has 0 saturated carbocycles. The lowest BCUT2D eigenvalue weighted by Crippen LogP contribution is -2.51. The minimum absolute atomic E-state index is 0.0260. The molecule has 126 valence electrons. The SMILES string of the molecule is CC(CN)C(=O)NCC(=O)N1CCN(Cc2ccccc2)CC1. The van der Waals surface area contributed by atoms with E-state index >= 15 is 0 Å². The first-order valence-corrected chi connectivity index (χ1v) is 8.12. The van der Waals surface area contributed by atoms with E-state index in [2.05, 4.69) is 22.3 Å². The number of amides is 2. The molecule has 2 rings (SSSR count).